The molecule has 1 aliphatic carbocycles. The van der Waals surface area contributed by atoms with Crippen LogP contribution in [0.25, 0.3) is 0 Å². The van der Waals surface area contributed by atoms with Crippen molar-refractivity contribution in [2.24, 2.45) is 11.8 Å². The second-order valence-corrected chi connectivity index (χ2v) is 6.78. The Morgan fingerprint density at radius 3 is 2.94 bits per heavy atom. The van der Waals surface area contributed by atoms with Gasteiger partial charge in [-0.15, -0.1) is 0 Å². The summed E-state index contributed by atoms with van der Waals surface area (Å²) in [4.78, 5) is 0.516. The fourth-order valence-corrected chi connectivity index (χ4v) is 4.48. The molecule has 1 fully saturated rings. The summed E-state index contributed by atoms with van der Waals surface area (Å²) in [5.41, 5.74) is 2.84. The summed E-state index contributed by atoms with van der Waals surface area (Å²) in [7, 11) is 0. The lowest BCUT2D eigenvalue weighted by atomic mass is 9.89. The molecule has 2 heteroatoms. The molecule has 1 aliphatic heterocycles. The number of ether oxygens (including phenoxy) is 1. The van der Waals surface area contributed by atoms with Crippen LogP contribution < -0.4 is 4.74 Å². The van der Waals surface area contributed by atoms with Crippen LogP contribution in [-0.4, -0.2) is 6.61 Å². The van der Waals surface area contributed by atoms with Crippen molar-refractivity contribution >= 4 is 15.9 Å². The molecule has 0 aromatic heterocycles. The van der Waals surface area contributed by atoms with Crippen molar-refractivity contribution < 1.29 is 4.74 Å². The highest BCUT2D eigenvalue weighted by molar-refractivity contribution is 9.09. The zero-order chi connectivity index (χ0) is 12.5. The number of halogens is 1. The number of benzene rings is 1. The molecule has 0 radical (unpaired) electrons. The summed E-state index contributed by atoms with van der Waals surface area (Å²) < 4.78 is 5.69. The molecule has 1 saturated carbocycles. The lowest BCUT2D eigenvalue weighted by Gasteiger charge is -2.24. The molecule has 3 atom stereocenters. The Hall–Kier alpha value is -0.500. The van der Waals surface area contributed by atoms with Crippen molar-refractivity contribution in [1.82, 2.24) is 0 Å². The monoisotopic (exact) mass is 308 g/mol. The van der Waals surface area contributed by atoms with E-state index in [0.29, 0.717) is 4.83 Å². The van der Waals surface area contributed by atoms with Gasteiger partial charge in [-0.1, -0.05) is 47.8 Å². The second kappa shape index (κ2) is 5.24. The van der Waals surface area contributed by atoms with Crippen LogP contribution in [0.15, 0.2) is 18.2 Å². The van der Waals surface area contributed by atoms with Gasteiger partial charge in [-0.2, -0.15) is 0 Å². The number of fused-ring (bicyclic) bond motifs is 1. The van der Waals surface area contributed by atoms with Crippen LogP contribution in [0.4, 0.5) is 0 Å². The zero-order valence-corrected chi connectivity index (χ0v) is 12.6. The third kappa shape index (κ3) is 2.32. The molecule has 0 spiro atoms. The standard InChI is InChI=1S/C16H21BrO/c1-11-4-2-6-14(11)16(17)13-7-8-15-12(10-13)5-3-9-18-15/h7-8,10-11,14,16H,2-6,9H2,1H3. The minimum Gasteiger partial charge on any atom is -0.493 e. The van der Waals surface area contributed by atoms with E-state index in [1.807, 2.05) is 0 Å². The van der Waals surface area contributed by atoms with E-state index in [2.05, 4.69) is 41.1 Å². The molecular formula is C16H21BrO. The third-order valence-corrected chi connectivity index (χ3v) is 5.76. The van der Waals surface area contributed by atoms with E-state index in [1.54, 1.807) is 0 Å². The first kappa shape index (κ1) is 12.5. The molecule has 3 rings (SSSR count). The van der Waals surface area contributed by atoms with Gasteiger partial charge < -0.3 is 4.74 Å². The Bertz CT molecular complexity index is 429. The summed E-state index contributed by atoms with van der Waals surface area (Å²) in [5, 5.41) is 0. The average Bonchev–Trinajstić information content (AvgIpc) is 2.83. The van der Waals surface area contributed by atoms with E-state index in [1.165, 1.54) is 36.8 Å². The number of aryl methyl sites for hydroxylation is 1. The maximum Gasteiger partial charge on any atom is 0.122 e. The van der Waals surface area contributed by atoms with Crippen LogP contribution in [0.2, 0.25) is 0 Å². The van der Waals surface area contributed by atoms with E-state index in [4.69, 9.17) is 4.74 Å². The zero-order valence-electron chi connectivity index (χ0n) is 11.0. The summed E-state index contributed by atoms with van der Waals surface area (Å²) in [6.45, 7) is 3.27. The quantitative estimate of drug-likeness (QED) is 0.707. The van der Waals surface area contributed by atoms with Crippen LogP contribution >= 0.6 is 15.9 Å². The van der Waals surface area contributed by atoms with Gasteiger partial charge >= 0.3 is 0 Å². The molecule has 18 heavy (non-hydrogen) atoms. The summed E-state index contributed by atoms with van der Waals surface area (Å²) >= 11 is 3.94. The Morgan fingerprint density at radius 2 is 2.17 bits per heavy atom. The number of rotatable bonds is 2. The number of alkyl halides is 1. The van der Waals surface area contributed by atoms with Gasteiger partial charge in [0.1, 0.15) is 5.75 Å². The molecule has 1 nitrogen and oxygen atoms in total. The van der Waals surface area contributed by atoms with Crippen LogP contribution in [0, 0.1) is 11.8 Å². The van der Waals surface area contributed by atoms with E-state index < -0.39 is 0 Å². The van der Waals surface area contributed by atoms with Gasteiger partial charge in [-0.3, -0.25) is 0 Å². The van der Waals surface area contributed by atoms with Gasteiger partial charge in [0.2, 0.25) is 0 Å². The lowest BCUT2D eigenvalue weighted by Crippen LogP contribution is -2.12. The van der Waals surface area contributed by atoms with Crippen molar-refractivity contribution in [3.05, 3.63) is 29.3 Å². The van der Waals surface area contributed by atoms with Crippen molar-refractivity contribution in [3.63, 3.8) is 0 Å². The second-order valence-electron chi connectivity index (χ2n) is 5.79. The molecule has 1 aromatic carbocycles. The molecular weight excluding hydrogens is 288 g/mol. The molecule has 98 valence electrons. The maximum absolute atomic E-state index is 5.69. The molecule has 0 amide bonds. The SMILES string of the molecule is CC1CCCC1C(Br)c1ccc2c(c1)CCCO2. The molecule has 3 unspecified atom stereocenters. The van der Waals surface area contributed by atoms with Gasteiger partial charge in [-0.25, -0.2) is 0 Å². The highest BCUT2D eigenvalue weighted by Gasteiger charge is 2.30. The highest BCUT2D eigenvalue weighted by atomic mass is 79.9. The van der Waals surface area contributed by atoms with Gasteiger partial charge in [0.25, 0.3) is 0 Å². The summed E-state index contributed by atoms with van der Waals surface area (Å²) in [5.74, 6) is 2.75. The van der Waals surface area contributed by atoms with E-state index in [-0.39, 0.29) is 0 Å². The molecule has 2 aliphatic rings. The largest absolute Gasteiger partial charge is 0.493 e. The first-order chi connectivity index (χ1) is 8.75. The third-order valence-electron chi connectivity index (χ3n) is 4.55. The predicted molar refractivity (Wildman–Crippen MR) is 78.4 cm³/mol. The fraction of sp³-hybridized carbons (Fsp3) is 0.625. The molecule has 1 heterocycles. The average molecular weight is 309 g/mol. The van der Waals surface area contributed by atoms with E-state index in [9.17, 15) is 0 Å². The Labute approximate surface area is 118 Å². The Balaban J connectivity index is 1.83. The first-order valence-electron chi connectivity index (χ1n) is 7.15. The van der Waals surface area contributed by atoms with Crippen LogP contribution in [0.5, 0.6) is 5.75 Å². The number of hydrogen-bond acceptors (Lipinski definition) is 1. The minimum absolute atomic E-state index is 0.516. The topological polar surface area (TPSA) is 9.23 Å². The van der Waals surface area contributed by atoms with E-state index >= 15 is 0 Å². The Morgan fingerprint density at radius 1 is 1.28 bits per heavy atom. The Kier molecular flexibility index (Phi) is 3.65. The van der Waals surface area contributed by atoms with Crippen molar-refractivity contribution in [2.45, 2.75) is 43.9 Å². The highest BCUT2D eigenvalue weighted by Crippen LogP contribution is 2.45. The summed E-state index contributed by atoms with van der Waals surface area (Å²) in [6.07, 6.45) is 6.47. The van der Waals surface area contributed by atoms with Crippen LogP contribution in [-0.2, 0) is 6.42 Å². The van der Waals surface area contributed by atoms with E-state index in [0.717, 1.165) is 30.6 Å². The van der Waals surface area contributed by atoms with Crippen LogP contribution in [0.3, 0.4) is 0 Å². The fourth-order valence-electron chi connectivity index (χ4n) is 3.41. The molecule has 0 saturated heterocycles. The maximum atomic E-state index is 5.69. The van der Waals surface area contributed by atoms with Gasteiger partial charge in [0.05, 0.1) is 6.61 Å². The van der Waals surface area contributed by atoms with Crippen molar-refractivity contribution in [2.75, 3.05) is 6.61 Å². The molecule has 0 N–H and O–H groups in total. The number of hydrogen-bond donors (Lipinski definition) is 0. The first-order valence-corrected chi connectivity index (χ1v) is 8.07. The predicted octanol–water partition coefficient (Wildman–Crippen LogP) is 4.88. The summed E-state index contributed by atoms with van der Waals surface area (Å²) in [6, 6.07) is 6.77. The van der Waals surface area contributed by atoms with Gasteiger partial charge in [0, 0.05) is 4.83 Å². The smallest absolute Gasteiger partial charge is 0.122 e. The normalized spacial score (nSPS) is 28.6. The van der Waals surface area contributed by atoms with Crippen LogP contribution in [0.1, 0.15) is 48.6 Å². The van der Waals surface area contributed by atoms with Gasteiger partial charge in [0.15, 0.2) is 0 Å². The molecule has 0 bridgehead atoms. The van der Waals surface area contributed by atoms with Crippen molar-refractivity contribution in [3.8, 4) is 5.75 Å². The molecule has 1 aromatic rings. The lowest BCUT2D eigenvalue weighted by molar-refractivity contribution is 0.288. The van der Waals surface area contributed by atoms with Gasteiger partial charge in [-0.05, 0) is 48.3 Å². The minimum atomic E-state index is 0.516. The van der Waals surface area contributed by atoms with Crippen molar-refractivity contribution in [1.29, 1.82) is 0 Å².